The Morgan fingerprint density at radius 2 is 1.85 bits per heavy atom. The lowest BCUT2D eigenvalue weighted by Gasteiger charge is -2.38. The molecule has 4 rings (SSSR count). The standard InChI is InChI=1S/C22H23ClN2O2/c1-24-19-10-6-5-9-18(19)20(23)21(24)22(27)25-12-11-17(16(13-25)14-26)15-7-3-2-4-8-15/h2-10,16-17,26H,11-14H2,1H3/t16-,17+/m1/s1. The van der Waals surface area contributed by atoms with Crippen molar-refractivity contribution in [3.05, 3.63) is 70.9 Å². The summed E-state index contributed by atoms with van der Waals surface area (Å²) in [5.74, 6) is 0.227. The highest BCUT2D eigenvalue weighted by molar-refractivity contribution is 6.38. The van der Waals surface area contributed by atoms with Crippen LogP contribution < -0.4 is 0 Å². The summed E-state index contributed by atoms with van der Waals surface area (Å²) < 4.78 is 1.87. The maximum absolute atomic E-state index is 13.3. The van der Waals surface area contributed by atoms with Gasteiger partial charge in [0.15, 0.2) is 0 Å². The van der Waals surface area contributed by atoms with Crippen LogP contribution >= 0.6 is 11.6 Å². The fourth-order valence-corrected chi connectivity index (χ4v) is 4.64. The SMILES string of the molecule is Cn1c(C(=O)N2CC[C@@H](c3ccccc3)[C@@H](CO)C2)c(Cl)c2ccccc21. The van der Waals surface area contributed by atoms with E-state index in [0.29, 0.717) is 23.8 Å². The van der Waals surface area contributed by atoms with Gasteiger partial charge in [-0.15, -0.1) is 0 Å². The number of likely N-dealkylation sites (tertiary alicyclic amines) is 1. The number of hydrogen-bond donors (Lipinski definition) is 1. The van der Waals surface area contributed by atoms with E-state index in [1.807, 2.05) is 59.0 Å². The van der Waals surface area contributed by atoms with E-state index in [1.165, 1.54) is 5.56 Å². The number of aliphatic hydroxyl groups excluding tert-OH is 1. The molecular weight excluding hydrogens is 360 g/mol. The molecule has 0 spiro atoms. The van der Waals surface area contributed by atoms with Crippen molar-refractivity contribution in [1.29, 1.82) is 0 Å². The van der Waals surface area contributed by atoms with Gasteiger partial charge >= 0.3 is 0 Å². The number of rotatable bonds is 3. The van der Waals surface area contributed by atoms with Crippen molar-refractivity contribution in [2.45, 2.75) is 12.3 Å². The predicted molar refractivity (Wildman–Crippen MR) is 108 cm³/mol. The van der Waals surface area contributed by atoms with Crippen molar-refractivity contribution >= 4 is 28.4 Å². The Morgan fingerprint density at radius 1 is 1.15 bits per heavy atom. The second-order valence-corrected chi connectivity index (χ2v) is 7.62. The number of carbonyl (C=O) groups is 1. The smallest absolute Gasteiger partial charge is 0.272 e. The van der Waals surface area contributed by atoms with E-state index in [2.05, 4.69) is 12.1 Å². The van der Waals surface area contributed by atoms with E-state index >= 15 is 0 Å². The number of aryl methyl sites for hydroxylation is 1. The molecule has 0 radical (unpaired) electrons. The number of carbonyl (C=O) groups excluding carboxylic acids is 1. The zero-order chi connectivity index (χ0) is 19.0. The third-order valence-corrected chi connectivity index (χ3v) is 6.11. The third kappa shape index (κ3) is 3.13. The molecule has 140 valence electrons. The second-order valence-electron chi connectivity index (χ2n) is 7.24. The lowest BCUT2D eigenvalue weighted by molar-refractivity contribution is 0.0569. The lowest BCUT2D eigenvalue weighted by atomic mass is 9.81. The minimum absolute atomic E-state index is 0.0264. The van der Waals surface area contributed by atoms with Gasteiger partial charge in [-0.05, 0) is 24.0 Å². The van der Waals surface area contributed by atoms with Gasteiger partial charge in [0.25, 0.3) is 5.91 Å². The zero-order valence-electron chi connectivity index (χ0n) is 15.3. The van der Waals surface area contributed by atoms with E-state index in [0.717, 1.165) is 17.3 Å². The Bertz CT molecular complexity index is 928. The van der Waals surface area contributed by atoms with E-state index in [1.54, 1.807) is 0 Å². The average molecular weight is 383 g/mol. The monoisotopic (exact) mass is 382 g/mol. The molecular formula is C22H23ClN2O2. The molecule has 27 heavy (non-hydrogen) atoms. The van der Waals surface area contributed by atoms with Crippen molar-refractivity contribution < 1.29 is 9.90 Å². The minimum Gasteiger partial charge on any atom is -0.396 e. The number of hydrogen-bond acceptors (Lipinski definition) is 2. The maximum atomic E-state index is 13.3. The number of halogens is 1. The van der Waals surface area contributed by atoms with Gasteiger partial charge in [-0.1, -0.05) is 60.1 Å². The lowest BCUT2D eigenvalue weighted by Crippen LogP contribution is -2.44. The van der Waals surface area contributed by atoms with Crippen LogP contribution in [0.4, 0.5) is 0 Å². The Morgan fingerprint density at radius 3 is 2.56 bits per heavy atom. The number of aromatic nitrogens is 1. The van der Waals surface area contributed by atoms with Crippen molar-refractivity contribution in [2.75, 3.05) is 19.7 Å². The quantitative estimate of drug-likeness (QED) is 0.742. The van der Waals surface area contributed by atoms with Crippen LogP contribution in [0.2, 0.25) is 5.02 Å². The molecule has 1 aliphatic rings. The van der Waals surface area contributed by atoms with Gasteiger partial charge in [-0.3, -0.25) is 4.79 Å². The molecule has 0 bridgehead atoms. The average Bonchev–Trinajstić information content (AvgIpc) is 2.98. The van der Waals surface area contributed by atoms with E-state index in [4.69, 9.17) is 11.6 Å². The van der Waals surface area contributed by atoms with Gasteiger partial charge < -0.3 is 14.6 Å². The second kappa shape index (κ2) is 7.37. The molecule has 2 heterocycles. The molecule has 0 unspecified atom stereocenters. The predicted octanol–water partition coefficient (Wildman–Crippen LogP) is 4.07. The first-order chi connectivity index (χ1) is 13.1. The van der Waals surface area contributed by atoms with Crippen LogP contribution in [0.1, 0.15) is 28.4 Å². The van der Waals surface area contributed by atoms with Crippen LogP contribution in [-0.4, -0.2) is 40.2 Å². The van der Waals surface area contributed by atoms with Crippen LogP contribution in [0.5, 0.6) is 0 Å². The van der Waals surface area contributed by atoms with Crippen LogP contribution in [0.3, 0.4) is 0 Å². The van der Waals surface area contributed by atoms with E-state index < -0.39 is 0 Å². The van der Waals surface area contributed by atoms with Crippen molar-refractivity contribution in [3.8, 4) is 0 Å². The topological polar surface area (TPSA) is 45.5 Å². The number of para-hydroxylation sites is 1. The number of piperidine rings is 1. The van der Waals surface area contributed by atoms with Crippen molar-refractivity contribution in [3.63, 3.8) is 0 Å². The first-order valence-electron chi connectivity index (χ1n) is 9.29. The molecule has 1 N–H and O–H groups in total. The first-order valence-corrected chi connectivity index (χ1v) is 9.67. The summed E-state index contributed by atoms with van der Waals surface area (Å²) in [6.45, 7) is 1.26. The highest BCUT2D eigenvalue weighted by Gasteiger charge is 2.34. The summed E-state index contributed by atoms with van der Waals surface area (Å²) in [6.07, 6.45) is 0.836. The van der Waals surface area contributed by atoms with Crippen molar-refractivity contribution in [1.82, 2.24) is 9.47 Å². The highest BCUT2D eigenvalue weighted by atomic mass is 35.5. The van der Waals surface area contributed by atoms with E-state index in [9.17, 15) is 9.90 Å². The molecule has 4 nitrogen and oxygen atoms in total. The molecule has 1 fully saturated rings. The third-order valence-electron chi connectivity index (χ3n) is 5.73. The molecule has 1 aliphatic heterocycles. The molecule has 1 saturated heterocycles. The van der Waals surface area contributed by atoms with Crippen LogP contribution in [-0.2, 0) is 7.05 Å². The van der Waals surface area contributed by atoms with Crippen molar-refractivity contribution in [2.24, 2.45) is 13.0 Å². The fraction of sp³-hybridized carbons (Fsp3) is 0.318. The highest BCUT2D eigenvalue weighted by Crippen LogP contribution is 2.35. The molecule has 2 atom stereocenters. The summed E-state index contributed by atoms with van der Waals surface area (Å²) >= 11 is 6.55. The van der Waals surface area contributed by atoms with Crippen LogP contribution in [0.25, 0.3) is 10.9 Å². The van der Waals surface area contributed by atoms with Gasteiger partial charge in [0.2, 0.25) is 0 Å². The number of aliphatic hydroxyl groups is 1. The van der Waals surface area contributed by atoms with Gasteiger partial charge in [0.05, 0.1) is 5.02 Å². The molecule has 1 amide bonds. The van der Waals surface area contributed by atoms with Gasteiger partial charge in [-0.25, -0.2) is 0 Å². The Labute approximate surface area is 164 Å². The summed E-state index contributed by atoms with van der Waals surface area (Å²) in [4.78, 5) is 15.1. The van der Waals surface area contributed by atoms with Crippen LogP contribution in [0, 0.1) is 5.92 Å². The molecule has 0 aliphatic carbocycles. The Balaban J connectivity index is 1.61. The summed E-state index contributed by atoms with van der Waals surface area (Å²) in [6, 6.07) is 18.0. The van der Waals surface area contributed by atoms with E-state index in [-0.39, 0.29) is 24.3 Å². The maximum Gasteiger partial charge on any atom is 0.272 e. The summed E-state index contributed by atoms with van der Waals surface area (Å²) in [5.41, 5.74) is 2.70. The first kappa shape index (κ1) is 18.1. The molecule has 2 aromatic carbocycles. The largest absolute Gasteiger partial charge is 0.396 e. The molecule has 3 aromatic rings. The van der Waals surface area contributed by atoms with Gasteiger partial charge in [-0.2, -0.15) is 0 Å². The molecule has 1 aromatic heterocycles. The Kier molecular flexibility index (Phi) is 4.94. The number of fused-ring (bicyclic) bond motifs is 1. The number of benzene rings is 2. The zero-order valence-corrected chi connectivity index (χ0v) is 16.1. The number of nitrogens with zero attached hydrogens (tertiary/aromatic N) is 2. The van der Waals surface area contributed by atoms with Crippen LogP contribution in [0.15, 0.2) is 54.6 Å². The molecule has 0 saturated carbocycles. The minimum atomic E-state index is -0.0661. The normalized spacial score (nSPS) is 20.2. The van der Waals surface area contributed by atoms with Gasteiger partial charge in [0.1, 0.15) is 5.69 Å². The Hall–Kier alpha value is -2.30. The molecule has 5 heteroatoms. The fourth-order valence-electron chi connectivity index (χ4n) is 4.27. The summed E-state index contributed by atoms with van der Waals surface area (Å²) in [7, 11) is 1.88. The van der Waals surface area contributed by atoms with Gasteiger partial charge in [0, 0.05) is 43.6 Å². The summed E-state index contributed by atoms with van der Waals surface area (Å²) in [5, 5.41) is 11.3. The number of amides is 1.